The van der Waals surface area contributed by atoms with E-state index >= 15 is 0 Å². The number of benzene rings is 1. The van der Waals surface area contributed by atoms with Crippen LogP contribution in [0.15, 0.2) is 33.5 Å². The molecule has 5 heteroatoms. The normalized spacial score (nSPS) is 12.2. The summed E-state index contributed by atoms with van der Waals surface area (Å²) in [5.41, 5.74) is 2.31. The molecule has 0 spiro atoms. The predicted molar refractivity (Wildman–Crippen MR) is 80.5 cm³/mol. The first-order valence-electron chi connectivity index (χ1n) is 6.07. The molecule has 2 rings (SSSR count). The van der Waals surface area contributed by atoms with Crippen LogP contribution in [-0.2, 0) is 0 Å². The van der Waals surface area contributed by atoms with Gasteiger partial charge in [0.05, 0.1) is 17.3 Å². The van der Waals surface area contributed by atoms with Gasteiger partial charge in [-0.1, -0.05) is 22.0 Å². The van der Waals surface area contributed by atoms with Crippen molar-refractivity contribution in [3.8, 4) is 0 Å². The summed E-state index contributed by atoms with van der Waals surface area (Å²) < 4.78 is 0.998. The summed E-state index contributed by atoms with van der Waals surface area (Å²) in [6.07, 6.45) is 0. The smallest absolute Gasteiger partial charge is 0.256 e. The quantitative estimate of drug-likeness (QED) is 0.911. The first kappa shape index (κ1) is 13.8. The van der Waals surface area contributed by atoms with Crippen LogP contribution in [0, 0.1) is 13.8 Å². The van der Waals surface area contributed by atoms with Crippen molar-refractivity contribution in [1.82, 2.24) is 9.97 Å². The average Bonchev–Trinajstić information content (AvgIpc) is 2.27. The molecule has 0 saturated heterocycles. The molecule has 0 aliphatic carbocycles. The molecule has 1 aromatic heterocycles. The number of halogens is 1. The summed E-state index contributed by atoms with van der Waals surface area (Å²) in [5.74, 6) is 0.640. The van der Waals surface area contributed by atoms with Gasteiger partial charge in [0.15, 0.2) is 0 Å². The van der Waals surface area contributed by atoms with Gasteiger partial charge in [-0.3, -0.25) is 4.79 Å². The number of aryl methyl sites for hydroxylation is 2. The molecule has 4 nitrogen and oxygen atoms in total. The molecule has 0 amide bonds. The summed E-state index contributed by atoms with van der Waals surface area (Å²) in [4.78, 5) is 19.1. The van der Waals surface area contributed by atoms with Gasteiger partial charge < -0.3 is 10.3 Å². The molecule has 1 aromatic carbocycles. The van der Waals surface area contributed by atoms with E-state index < -0.39 is 0 Å². The van der Waals surface area contributed by atoms with Crippen molar-refractivity contribution >= 4 is 21.6 Å². The number of anilines is 1. The Kier molecular flexibility index (Phi) is 4.04. The van der Waals surface area contributed by atoms with Crippen LogP contribution in [-0.4, -0.2) is 9.97 Å². The van der Waals surface area contributed by atoms with Gasteiger partial charge in [0, 0.05) is 10.2 Å². The lowest BCUT2D eigenvalue weighted by atomic mass is 10.1. The number of aromatic nitrogens is 2. The highest BCUT2D eigenvalue weighted by Gasteiger charge is 2.14. The van der Waals surface area contributed by atoms with Gasteiger partial charge in [0.2, 0.25) is 0 Å². The van der Waals surface area contributed by atoms with Crippen LogP contribution in [0.1, 0.15) is 30.0 Å². The fourth-order valence-corrected chi connectivity index (χ4v) is 2.55. The molecule has 1 unspecified atom stereocenters. The SMILES string of the molecule is Cc1nc(C)c(C(C)Nc2cccc(Br)c2)c(=O)[nH]1. The van der Waals surface area contributed by atoms with Crippen LogP contribution >= 0.6 is 15.9 Å². The van der Waals surface area contributed by atoms with Crippen molar-refractivity contribution < 1.29 is 0 Å². The van der Waals surface area contributed by atoms with E-state index in [9.17, 15) is 4.79 Å². The molecule has 2 N–H and O–H groups in total. The lowest BCUT2D eigenvalue weighted by Crippen LogP contribution is -2.23. The minimum atomic E-state index is -0.105. The molecule has 0 saturated carbocycles. The van der Waals surface area contributed by atoms with Crippen LogP contribution in [0.2, 0.25) is 0 Å². The average molecular weight is 322 g/mol. The Morgan fingerprint density at radius 2 is 2.11 bits per heavy atom. The summed E-state index contributed by atoms with van der Waals surface area (Å²) in [7, 11) is 0. The lowest BCUT2D eigenvalue weighted by molar-refractivity contribution is 0.814. The third-order valence-electron chi connectivity index (χ3n) is 2.91. The van der Waals surface area contributed by atoms with Gasteiger partial charge in [-0.25, -0.2) is 4.98 Å². The Hall–Kier alpha value is -1.62. The minimum Gasteiger partial charge on any atom is -0.378 e. The molecular formula is C14H16BrN3O. The highest BCUT2D eigenvalue weighted by atomic mass is 79.9. The van der Waals surface area contributed by atoms with Crippen molar-refractivity contribution in [2.24, 2.45) is 0 Å². The molecule has 0 fully saturated rings. The predicted octanol–water partition coefficient (Wildman–Crippen LogP) is 3.32. The number of nitrogens with zero attached hydrogens (tertiary/aromatic N) is 1. The van der Waals surface area contributed by atoms with Crippen molar-refractivity contribution in [1.29, 1.82) is 0 Å². The monoisotopic (exact) mass is 321 g/mol. The van der Waals surface area contributed by atoms with Crippen LogP contribution in [0.4, 0.5) is 5.69 Å². The summed E-state index contributed by atoms with van der Waals surface area (Å²) in [5, 5.41) is 3.31. The lowest BCUT2D eigenvalue weighted by Gasteiger charge is -2.16. The van der Waals surface area contributed by atoms with E-state index in [1.807, 2.05) is 38.1 Å². The maximum absolute atomic E-state index is 12.0. The second-order valence-corrected chi connectivity index (χ2v) is 5.44. The standard InChI is InChI=1S/C14H16BrN3O/c1-8-13(14(19)18-10(3)16-8)9(2)17-12-6-4-5-11(15)7-12/h4-7,9,17H,1-3H3,(H,16,18,19). The fraction of sp³-hybridized carbons (Fsp3) is 0.286. The van der Waals surface area contributed by atoms with Crippen molar-refractivity contribution in [3.05, 3.63) is 56.2 Å². The van der Waals surface area contributed by atoms with Gasteiger partial charge in [-0.2, -0.15) is 0 Å². The van der Waals surface area contributed by atoms with E-state index in [4.69, 9.17) is 0 Å². The van der Waals surface area contributed by atoms with Gasteiger partial charge in [-0.05, 0) is 39.0 Å². The zero-order valence-electron chi connectivity index (χ0n) is 11.1. The number of hydrogen-bond donors (Lipinski definition) is 2. The number of rotatable bonds is 3. The summed E-state index contributed by atoms with van der Waals surface area (Å²) in [6, 6.07) is 7.74. The zero-order chi connectivity index (χ0) is 14.0. The Bertz CT molecular complexity index is 651. The molecule has 19 heavy (non-hydrogen) atoms. The van der Waals surface area contributed by atoms with Gasteiger partial charge in [-0.15, -0.1) is 0 Å². The molecule has 0 bridgehead atoms. The van der Waals surface area contributed by atoms with E-state index in [1.165, 1.54) is 0 Å². The minimum absolute atomic E-state index is 0.0833. The van der Waals surface area contributed by atoms with Gasteiger partial charge in [0.25, 0.3) is 5.56 Å². The highest BCUT2D eigenvalue weighted by molar-refractivity contribution is 9.10. The van der Waals surface area contributed by atoms with E-state index in [0.717, 1.165) is 15.9 Å². The molecule has 2 aromatic rings. The van der Waals surface area contributed by atoms with Gasteiger partial charge >= 0.3 is 0 Å². The summed E-state index contributed by atoms with van der Waals surface area (Å²) >= 11 is 3.43. The number of hydrogen-bond acceptors (Lipinski definition) is 3. The maximum Gasteiger partial charge on any atom is 0.256 e. The molecule has 1 heterocycles. The second-order valence-electron chi connectivity index (χ2n) is 4.53. The summed E-state index contributed by atoms with van der Waals surface area (Å²) in [6.45, 7) is 5.59. The van der Waals surface area contributed by atoms with Crippen molar-refractivity contribution in [2.45, 2.75) is 26.8 Å². The van der Waals surface area contributed by atoms with E-state index in [1.54, 1.807) is 6.92 Å². The fourth-order valence-electron chi connectivity index (χ4n) is 2.15. The first-order chi connectivity index (χ1) is 8.97. The topological polar surface area (TPSA) is 57.8 Å². The number of aromatic amines is 1. The molecular weight excluding hydrogens is 306 g/mol. The number of H-pyrrole nitrogens is 1. The highest BCUT2D eigenvalue weighted by Crippen LogP contribution is 2.21. The van der Waals surface area contributed by atoms with Crippen molar-refractivity contribution in [2.75, 3.05) is 5.32 Å². The Balaban J connectivity index is 2.30. The van der Waals surface area contributed by atoms with Crippen molar-refractivity contribution in [3.63, 3.8) is 0 Å². The largest absolute Gasteiger partial charge is 0.378 e. The third kappa shape index (κ3) is 3.23. The zero-order valence-corrected chi connectivity index (χ0v) is 12.7. The molecule has 0 aliphatic rings. The molecule has 0 aliphatic heterocycles. The van der Waals surface area contributed by atoms with Crippen LogP contribution in [0.25, 0.3) is 0 Å². The molecule has 100 valence electrons. The number of nitrogens with one attached hydrogen (secondary N) is 2. The Morgan fingerprint density at radius 3 is 2.74 bits per heavy atom. The Labute approximate surface area is 120 Å². The molecule has 0 radical (unpaired) electrons. The Morgan fingerprint density at radius 1 is 1.37 bits per heavy atom. The van der Waals surface area contributed by atoms with Crippen LogP contribution in [0.3, 0.4) is 0 Å². The third-order valence-corrected chi connectivity index (χ3v) is 3.40. The van der Waals surface area contributed by atoms with Crippen LogP contribution in [0.5, 0.6) is 0 Å². The maximum atomic E-state index is 12.0. The molecule has 1 atom stereocenters. The second kappa shape index (κ2) is 5.57. The first-order valence-corrected chi connectivity index (χ1v) is 6.86. The van der Waals surface area contributed by atoms with E-state index in [-0.39, 0.29) is 11.6 Å². The van der Waals surface area contributed by atoms with E-state index in [0.29, 0.717) is 11.4 Å². The van der Waals surface area contributed by atoms with Crippen LogP contribution < -0.4 is 10.9 Å². The van der Waals surface area contributed by atoms with E-state index in [2.05, 4.69) is 31.2 Å². The van der Waals surface area contributed by atoms with Gasteiger partial charge in [0.1, 0.15) is 5.82 Å².